The summed E-state index contributed by atoms with van der Waals surface area (Å²) in [5.74, 6) is 3.03. The molecule has 0 bridgehead atoms. The molecule has 2 rings (SSSR count). The van der Waals surface area contributed by atoms with E-state index in [-0.39, 0.29) is 22.0 Å². The molecule has 0 aliphatic carbocycles. The van der Waals surface area contributed by atoms with Gasteiger partial charge in [0, 0.05) is 28.7 Å². The van der Waals surface area contributed by atoms with Gasteiger partial charge in [0.05, 0.1) is 16.2 Å². The van der Waals surface area contributed by atoms with Gasteiger partial charge in [-0.15, -0.1) is 23.5 Å². The Labute approximate surface area is 198 Å². The van der Waals surface area contributed by atoms with E-state index in [9.17, 15) is 14.7 Å². The minimum Gasteiger partial charge on any atom is -0.507 e. The average Bonchev–Trinajstić information content (AvgIpc) is 3.15. The van der Waals surface area contributed by atoms with Crippen molar-refractivity contribution in [2.45, 2.75) is 68.6 Å². The van der Waals surface area contributed by atoms with Gasteiger partial charge in [-0.2, -0.15) is 11.8 Å². The highest BCUT2D eigenvalue weighted by Gasteiger charge is 2.39. The van der Waals surface area contributed by atoms with Crippen LogP contribution in [-0.2, 0) is 11.2 Å². The van der Waals surface area contributed by atoms with Gasteiger partial charge in [-0.25, -0.2) is 0 Å². The quantitative estimate of drug-likeness (QED) is 0.249. The van der Waals surface area contributed by atoms with E-state index in [4.69, 9.17) is 9.84 Å². The third-order valence-corrected chi connectivity index (χ3v) is 10.7. The van der Waals surface area contributed by atoms with E-state index >= 15 is 0 Å². The zero-order chi connectivity index (χ0) is 22.9. The van der Waals surface area contributed by atoms with Crippen molar-refractivity contribution in [1.82, 2.24) is 0 Å². The molecule has 0 aromatic heterocycles. The summed E-state index contributed by atoms with van der Waals surface area (Å²) in [7, 11) is 0. The van der Waals surface area contributed by atoms with Gasteiger partial charge in [-0.1, -0.05) is 20.3 Å². The summed E-state index contributed by atoms with van der Waals surface area (Å²) in [5, 5.41) is 20.0. The molecule has 1 aromatic rings. The molecule has 8 heteroatoms. The maximum absolute atomic E-state index is 11.7. The van der Waals surface area contributed by atoms with Crippen LogP contribution in [0, 0.1) is 0 Å². The molecule has 0 saturated carbocycles. The third kappa shape index (κ3) is 7.82. The number of phenols is 1. The Morgan fingerprint density at radius 2 is 2.10 bits per heavy atom. The lowest BCUT2D eigenvalue weighted by Gasteiger charge is -2.25. The van der Waals surface area contributed by atoms with E-state index in [1.54, 1.807) is 12.1 Å². The number of carboxylic acid groups (broad SMARTS) is 1. The summed E-state index contributed by atoms with van der Waals surface area (Å²) in [4.78, 5) is 22.6. The fourth-order valence-corrected chi connectivity index (χ4v) is 8.57. The van der Waals surface area contributed by atoms with Crippen LogP contribution in [0.25, 0.3) is 0 Å². The normalized spacial score (nSPS) is 20.7. The Morgan fingerprint density at radius 3 is 2.74 bits per heavy atom. The van der Waals surface area contributed by atoms with Crippen LogP contribution in [0.15, 0.2) is 12.1 Å². The number of Topliss-reactive ketones (excluding diaryl/α,β-unsaturated/α-hetero) is 1. The predicted molar refractivity (Wildman–Crippen MR) is 133 cm³/mol. The van der Waals surface area contributed by atoms with Crippen LogP contribution >= 0.6 is 35.3 Å². The van der Waals surface area contributed by atoms with Crippen LogP contribution < -0.4 is 4.74 Å². The second-order valence-corrected chi connectivity index (χ2v) is 12.2. The second-order valence-electron chi connectivity index (χ2n) is 7.73. The highest BCUT2D eigenvalue weighted by atomic mass is 32.2. The molecule has 1 fully saturated rings. The standard InChI is InChI=1S/C23H34O5S3/c1-4-7-19-20(9-8-18(16(3)24)22(19)27)28-12-6-13-29-14-17-15-30-23(5-2,31-17)11-10-21(25)26/h8-9,17,27H,4-7,10-15H2,1-3H3,(H,25,26)/t17-,23-/m0/s1. The first-order valence-corrected chi connectivity index (χ1v) is 13.9. The molecule has 0 spiro atoms. The van der Waals surface area contributed by atoms with E-state index in [1.807, 2.05) is 42.2 Å². The minimum atomic E-state index is -0.710. The number of carbonyl (C=O) groups excluding carboxylic acids is 1. The van der Waals surface area contributed by atoms with Gasteiger partial charge in [-0.05, 0) is 50.5 Å². The molecular weight excluding hydrogens is 452 g/mol. The fraction of sp³-hybridized carbons (Fsp3) is 0.652. The van der Waals surface area contributed by atoms with E-state index in [0.717, 1.165) is 48.5 Å². The molecule has 5 nitrogen and oxygen atoms in total. The summed E-state index contributed by atoms with van der Waals surface area (Å²) in [6.45, 7) is 6.23. The summed E-state index contributed by atoms with van der Waals surface area (Å²) >= 11 is 5.82. The van der Waals surface area contributed by atoms with Crippen molar-refractivity contribution in [3.63, 3.8) is 0 Å². The number of ketones is 1. The van der Waals surface area contributed by atoms with Gasteiger partial charge >= 0.3 is 5.97 Å². The van der Waals surface area contributed by atoms with E-state index < -0.39 is 5.97 Å². The Kier molecular flexibility index (Phi) is 10.9. The van der Waals surface area contributed by atoms with Crippen LogP contribution in [0.2, 0.25) is 0 Å². The van der Waals surface area contributed by atoms with Crippen LogP contribution in [0.5, 0.6) is 11.5 Å². The van der Waals surface area contributed by atoms with E-state index in [0.29, 0.717) is 29.6 Å². The van der Waals surface area contributed by atoms with Crippen molar-refractivity contribution < 1.29 is 24.5 Å². The van der Waals surface area contributed by atoms with Crippen LogP contribution in [0.3, 0.4) is 0 Å². The maximum Gasteiger partial charge on any atom is 0.303 e. The Morgan fingerprint density at radius 1 is 1.32 bits per heavy atom. The summed E-state index contributed by atoms with van der Waals surface area (Å²) in [6, 6.07) is 3.43. The van der Waals surface area contributed by atoms with Crippen molar-refractivity contribution in [3.05, 3.63) is 23.3 Å². The van der Waals surface area contributed by atoms with Crippen molar-refractivity contribution in [2.75, 3.05) is 23.9 Å². The molecule has 0 unspecified atom stereocenters. The van der Waals surface area contributed by atoms with Gasteiger partial charge in [-0.3, -0.25) is 9.59 Å². The topological polar surface area (TPSA) is 83.8 Å². The Balaban J connectivity index is 1.74. The number of benzene rings is 1. The second kappa shape index (κ2) is 12.9. The maximum atomic E-state index is 11.7. The monoisotopic (exact) mass is 486 g/mol. The SMILES string of the molecule is CCCc1c(OCCCSC[C@H]2CS[C@](CC)(CCC(=O)O)S2)ccc(C(C)=O)c1O. The number of hydrogen-bond acceptors (Lipinski definition) is 7. The number of rotatable bonds is 14. The third-order valence-electron chi connectivity index (χ3n) is 5.29. The lowest BCUT2D eigenvalue weighted by atomic mass is 10.0. The molecule has 1 saturated heterocycles. The van der Waals surface area contributed by atoms with E-state index in [1.165, 1.54) is 6.92 Å². The minimum absolute atomic E-state index is 0.0549. The van der Waals surface area contributed by atoms with Gasteiger partial charge in [0.2, 0.25) is 0 Å². The number of hydrogen-bond donors (Lipinski definition) is 2. The van der Waals surface area contributed by atoms with Crippen LogP contribution in [0.4, 0.5) is 0 Å². The number of phenolic OH excluding ortho intramolecular Hbond substituents is 1. The highest BCUT2D eigenvalue weighted by Crippen LogP contribution is 2.53. The van der Waals surface area contributed by atoms with Gasteiger partial charge in [0.1, 0.15) is 11.5 Å². The zero-order valence-corrected chi connectivity index (χ0v) is 21.1. The molecule has 0 amide bonds. The molecule has 174 valence electrons. The van der Waals surface area contributed by atoms with Gasteiger partial charge in [0.25, 0.3) is 0 Å². The molecule has 2 atom stereocenters. The first-order chi connectivity index (χ1) is 14.8. The zero-order valence-electron chi connectivity index (χ0n) is 18.6. The molecule has 1 aliphatic rings. The van der Waals surface area contributed by atoms with Crippen LogP contribution in [0.1, 0.15) is 68.8 Å². The molecule has 2 N–H and O–H groups in total. The number of carboxylic acids is 1. The Hall–Kier alpha value is -0.990. The molecule has 0 radical (unpaired) electrons. The molecule has 31 heavy (non-hydrogen) atoms. The summed E-state index contributed by atoms with van der Waals surface area (Å²) in [6.07, 6.45) is 4.43. The van der Waals surface area contributed by atoms with E-state index in [2.05, 4.69) is 6.92 Å². The Bertz CT molecular complexity index is 755. The molecule has 1 heterocycles. The van der Waals surface area contributed by atoms with Gasteiger partial charge in [0.15, 0.2) is 5.78 Å². The highest BCUT2D eigenvalue weighted by molar-refractivity contribution is 8.22. The predicted octanol–water partition coefficient (Wildman–Crippen LogP) is 5.87. The van der Waals surface area contributed by atoms with Gasteiger partial charge < -0.3 is 14.9 Å². The summed E-state index contributed by atoms with van der Waals surface area (Å²) < 4.78 is 6.00. The molecule has 1 aromatic carbocycles. The van der Waals surface area contributed by atoms with Crippen molar-refractivity contribution in [2.24, 2.45) is 0 Å². The smallest absolute Gasteiger partial charge is 0.303 e. The first kappa shape index (κ1) is 26.3. The number of aromatic hydroxyl groups is 1. The summed E-state index contributed by atoms with van der Waals surface area (Å²) in [5.41, 5.74) is 1.07. The number of ether oxygens (including phenoxy) is 1. The van der Waals surface area contributed by atoms with Crippen molar-refractivity contribution in [1.29, 1.82) is 0 Å². The first-order valence-electron chi connectivity index (χ1n) is 10.9. The molecule has 1 aliphatic heterocycles. The lowest BCUT2D eigenvalue weighted by Crippen LogP contribution is -2.18. The van der Waals surface area contributed by atoms with Crippen LogP contribution in [-0.4, -0.2) is 55.2 Å². The van der Waals surface area contributed by atoms with Crippen molar-refractivity contribution in [3.8, 4) is 11.5 Å². The average molecular weight is 487 g/mol. The fourth-order valence-electron chi connectivity index (χ4n) is 3.58. The number of carbonyl (C=O) groups is 2. The molecular formula is C23H34O5S3. The lowest BCUT2D eigenvalue weighted by molar-refractivity contribution is -0.137. The number of aliphatic carboxylic acids is 1. The largest absolute Gasteiger partial charge is 0.507 e. The number of thioether (sulfide) groups is 3. The van der Waals surface area contributed by atoms with Crippen molar-refractivity contribution >= 4 is 47.0 Å².